The molecule has 0 aliphatic carbocycles. The minimum absolute atomic E-state index is 0.0176. The van der Waals surface area contributed by atoms with Crippen molar-refractivity contribution in [1.29, 1.82) is 0 Å². The fourth-order valence-electron chi connectivity index (χ4n) is 5.06. The average Bonchev–Trinajstić information content (AvgIpc) is 3.45. The zero-order chi connectivity index (χ0) is 20.9. The molecular formula is C23H21N5O3. The van der Waals surface area contributed by atoms with E-state index in [1.54, 1.807) is 12.4 Å². The summed E-state index contributed by atoms with van der Waals surface area (Å²) in [6, 6.07) is 11.5. The van der Waals surface area contributed by atoms with E-state index < -0.39 is 0 Å². The van der Waals surface area contributed by atoms with Gasteiger partial charge in [-0.25, -0.2) is 4.98 Å². The molecule has 1 aromatic carbocycles. The lowest BCUT2D eigenvalue weighted by Crippen LogP contribution is -2.49. The number of fused-ring (bicyclic) bond motifs is 5. The first-order valence-corrected chi connectivity index (χ1v) is 10.5. The monoisotopic (exact) mass is 415 g/mol. The number of hydrogen-bond acceptors (Lipinski definition) is 5. The minimum atomic E-state index is -0.0176. The number of amides is 1. The first-order chi connectivity index (χ1) is 15.2. The van der Waals surface area contributed by atoms with E-state index in [1.165, 1.54) is 0 Å². The Kier molecular flexibility index (Phi) is 4.05. The largest absolute Gasteiger partial charge is 0.356 e. The van der Waals surface area contributed by atoms with Crippen LogP contribution in [0.4, 0.5) is 0 Å². The van der Waals surface area contributed by atoms with Gasteiger partial charge >= 0.3 is 0 Å². The standard InChI is InChI=1S/C23H21N5O3/c29-21(10-18-16-3-1-2-4-20(16)31-26-18)27-11-14-9-15(13-27)19-6-5-17(22-24-7-8-25-22)23(30)28(19)12-14/h1-8,14-15H,9-13H2,(H,24,25)/t14-,15+/m0/s1. The molecule has 1 fully saturated rings. The van der Waals surface area contributed by atoms with E-state index in [4.69, 9.17) is 4.52 Å². The van der Waals surface area contributed by atoms with Crippen LogP contribution in [0.5, 0.6) is 0 Å². The van der Waals surface area contributed by atoms with Crippen molar-refractivity contribution in [2.75, 3.05) is 13.1 Å². The maximum atomic E-state index is 13.1. The van der Waals surface area contributed by atoms with Crippen molar-refractivity contribution in [3.63, 3.8) is 0 Å². The highest BCUT2D eigenvalue weighted by atomic mass is 16.5. The van der Waals surface area contributed by atoms with Gasteiger partial charge in [0.2, 0.25) is 5.91 Å². The third-order valence-electron chi connectivity index (χ3n) is 6.48. The summed E-state index contributed by atoms with van der Waals surface area (Å²) < 4.78 is 7.23. The summed E-state index contributed by atoms with van der Waals surface area (Å²) >= 11 is 0. The maximum Gasteiger partial charge on any atom is 0.261 e. The van der Waals surface area contributed by atoms with Gasteiger partial charge < -0.3 is 19.0 Å². The second-order valence-electron chi connectivity index (χ2n) is 8.42. The van der Waals surface area contributed by atoms with Crippen molar-refractivity contribution in [1.82, 2.24) is 24.6 Å². The summed E-state index contributed by atoms with van der Waals surface area (Å²) in [6.45, 7) is 1.89. The highest BCUT2D eigenvalue weighted by Crippen LogP contribution is 2.36. The summed E-state index contributed by atoms with van der Waals surface area (Å²) in [5.74, 6) is 1.06. The smallest absolute Gasteiger partial charge is 0.261 e. The van der Waals surface area contributed by atoms with E-state index in [9.17, 15) is 9.59 Å². The van der Waals surface area contributed by atoms with Crippen LogP contribution in [-0.4, -0.2) is 43.6 Å². The molecule has 8 heteroatoms. The molecule has 1 saturated heterocycles. The molecule has 6 rings (SSSR count). The van der Waals surface area contributed by atoms with Gasteiger partial charge in [0.25, 0.3) is 5.56 Å². The summed E-state index contributed by atoms with van der Waals surface area (Å²) in [5.41, 5.74) is 2.94. The second kappa shape index (κ2) is 6.94. The van der Waals surface area contributed by atoms with Crippen molar-refractivity contribution in [3.05, 3.63) is 70.5 Å². The molecule has 0 radical (unpaired) electrons. The number of piperidine rings is 1. The topological polar surface area (TPSA) is 97.0 Å². The Hall–Kier alpha value is -3.68. The van der Waals surface area contributed by atoms with Crippen LogP contribution >= 0.6 is 0 Å². The van der Waals surface area contributed by atoms with Crippen molar-refractivity contribution in [2.24, 2.45) is 5.92 Å². The number of likely N-dealkylation sites (tertiary alicyclic amines) is 1. The van der Waals surface area contributed by atoms with Crippen LogP contribution < -0.4 is 5.56 Å². The van der Waals surface area contributed by atoms with E-state index >= 15 is 0 Å². The number of H-pyrrole nitrogens is 1. The lowest BCUT2D eigenvalue weighted by Gasteiger charge is -2.42. The number of benzene rings is 1. The van der Waals surface area contributed by atoms with Gasteiger partial charge in [-0.15, -0.1) is 0 Å². The molecule has 2 aliphatic rings. The molecule has 8 nitrogen and oxygen atoms in total. The number of para-hydroxylation sites is 1. The molecule has 1 N–H and O–H groups in total. The number of aromatic nitrogens is 4. The molecule has 1 amide bonds. The van der Waals surface area contributed by atoms with Gasteiger partial charge in [-0.05, 0) is 36.6 Å². The lowest BCUT2D eigenvalue weighted by molar-refractivity contribution is -0.133. The summed E-state index contributed by atoms with van der Waals surface area (Å²) in [7, 11) is 0. The predicted octanol–water partition coefficient (Wildman–Crippen LogP) is 2.57. The van der Waals surface area contributed by atoms with Gasteiger partial charge in [0.15, 0.2) is 5.58 Å². The third-order valence-corrected chi connectivity index (χ3v) is 6.48. The van der Waals surface area contributed by atoms with Gasteiger partial charge in [0.05, 0.1) is 12.0 Å². The average molecular weight is 415 g/mol. The van der Waals surface area contributed by atoms with Crippen molar-refractivity contribution >= 4 is 16.9 Å². The summed E-state index contributed by atoms with van der Waals surface area (Å²) in [6.07, 6.45) is 4.58. The summed E-state index contributed by atoms with van der Waals surface area (Å²) in [4.78, 5) is 35.4. The summed E-state index contributed by atoms with van der Waals surface area (Å²) in [5, 5.41) is 4.99. The number of aromatic amines is 1. The van der Waals surface area contributed by atoms with E-state index in [2.05, 4.69) is 15.1 Å². The molecule has 0 spiro atoms. The molecule has 156 valence electrons. The molecule has 2 aliphatic heterocycles. The van der Waals surface area contributed by atoms with Crippen LogP contribution in [0, 0.1) is 5.92 Å². The van der Waals surface area contributed by atoms with Gasteiger partial charge in [-0.2, -0.15) is 0 Å². The predicted molar refractivity (Wildman–Crippen MR) is 113 cm³/mol. The highest BCUT2D eigenvalue weighted by Gasteiger charge is 2.37. The number of hydrogen-bond donors (Lipinski definition) is 1. The number of rotatable bonds is 3. The van der Waals surface area contributed by atoms with Crippen LogP contribution in [0.3, 0.4) is 0 Å². The molecule has 4 aromatic rings. The Morgan fingerprint density at radius 3 is 2.94 bits per heavy atom. The van der Waals surface area contributed by atoms with Crippen molar-refractivity contribution in [3.8, 4) is 11.4 Å². The molecule has 2 atom stereocenters. The van der Waals surface area contributed by atoms with E-state index in [0.29, 0.717) is 42.3 Å². The number of carbonyl (C=O) groups is 1. The number of imidazole rings is 1. The first kappa shape index (κ1) is 18.1. The van der Waals surface area contributed by atoms with Crippen LogP contribution in [0.1, 0.15) is 23.7 Å². The SMILES string of the molecule is O=C(Cc1noc2ccccc12)N1C[C@@H]2C[C@H](C1)c1ccc(-c3ncc[nH]3)c(=O)n1C2. The lowest BCUT2D eigenvalue weighted by atomic mass is 9.82. The Labute approximate surface area is 177 Å². The minimum Gasteiger partial charge on any atom is -0.356 e. The zero-order valence-electron chi connectivity index (χ0n) is 16.8. The molecule has 31 heavy (non-hydrogen) atoms. The van der Waals surface area contributed by atoms with Crippen LogP contribution in [-0.2, 0) is 17.8 Å². The van der Waals surface area contributed by atoms with Crippen LogP contribution in [0.15, 0.2) is 58.1 Å². The first-order valence-electron chi connectivity index (χ1n) is 10.5. The van der Waals surface area contributed by atoms with Crippen molar-refractivity contribution < 1.29 is 9.32 Å². The molecular weight excluding hydrogens is 394 g/mol. The third kappa shape index (κ3) is 2.98. The molecule has 5 heterocycles. The second-order valence-corrected chi connectivity index (χ2v) is 8.42. The van der Waals surface area contributed by atoms with E-state index in [0.717, 1.165) is 17.5 Å². The number of nitrogens with zero attached hydrogens (tertiary/aromatic N) is 4. The van der Waals surface area contributed by atoms with Gasteiger partial charge in [0.1, 0.15) is 11.5 Å². The number of nitrogens with one attached hydrogen (secondary N) is 1. The fraction of sp³-hybridized carbons (Fsp3) is 0.304. The fourth-order valence-corrected chi connectivity index (χ4v) is 5.06. The Balaban J connectivity index is 1.26. The maximum absolute atomic E-state index is 13.1. The van der Waals surface area contributed by atoms with Crippen molar-refractivity contribution in [2.45, 2.75) is 25.3 Å². The Bertz CT molecular complexity index is 1340. The van der Waals surface area contributed by atoms with E-state index in [1.807, 2.05) is 45.9 Å². The number of carbonyl (C=O) groups excluding carboxylic acids is 1. The zero-order valence-corrected chi connectivity index (χ0v) is 16.8. The highest BCUT2D eigenvalue weighted by molar-refractivity contribution is 5.86. The van der Waals surface area contributed by atoms with E-state index in [-0.39, 0.29) is 29.7 Å². The quantitative estimate of drug-likeness (QED) is 0.555. The molecule has 0 saturated carbocycles. The van der Waals surface area contributed by atoms with Gasteiger partial charge in [-0.3, -0.25) is 9.59 Å². The normalized spacial score (nSPS) is 20.1. The molecule has 3 aromatic heterocycles. The van der Waals surface area contributed by atoms with Gasteiger partial charge in [-0.1, -0.05) is 17.3 Å². The van der Waals surface area contributed by atoms with Crippen LogP contribution in [0.2, 0.25) is 0 Å². The Morgan fingerprint density at radius 2 is 2.06 bits per heavy atom. The van der Waals surface area contributed by atoms with Gasteiger partial charge in [0, 0.05) is 49.0 Å². The van der Waals surface area contributed by atoms with Crippen LogP contribution in [0.25, 0.3) is 22.4 Å². The molecule has 0 unspecified atom stereocenters. The Morgan fingerprint density at radius 1 is 1.16 bits per heavy atom. The molecule has 2 bridgehead atoms. The number of pyridine rings is 1.